The molecular weight excluding hydrogens is 134 g/mol. The number of piperazine rings is 1. The minimum Gasteiger partial charge on any atom is -0.465 e. The molecule has 1 aliphatic heterocycles. The number of carbonyl (C=O) groups is 1. The lowest BCUT2D eigenvalue weighted by molar-refractivity contribution is 0.114. The second-order valence-electron chi connectivity index (χ2n) is 2.25. The number of nitrogens with two attached hydrogens (primary N) is 1. The van der Waals surface area contributed by atoms with Crippen molar-refractivity contribution in [3.8, 4) is 0 Å². The SMILES string of the molecule is NC1CNCCN1C(=O)O. The van der Waals surface area contributed by atoms with Crippen molar-refractivity contribution in [1.82, 2.24) is 10.2 Å². The fraction of sp³-hybridized carbons (Fsp3) is 0.800. The smallest absolute Gasteiger partial charge is 0.408 e. The minimum atomic E-state index is -0.936. The molecule has 4 N–H and O–H groups in total. The van der Waals surface area contributed by atoms with E-state index in [1.807, 2.05) is 0 Å². The van der Waals surface area contributed by atoms with Gasteiger partial charge in [-0.05, 0) is 0 Å². The molecule has 1 aliphatic rings. The summed E-state index contributed by atoms with van der Waals surface area (Å²) in [5, 5.41) is 11.5. The van der Waals surface area contributed by atoms with Crippen LogP contribution in [-0.4, -0.2) is 41.9 Å². The van der Waals surface area contributed by atoms with Gasteiger partial charge in [0, 0.05) is 19.6 Å². The summed E-state index contributed by atoms with van der Waals surface area (Å²) in [5.74, 6) is 0. The summed E-state index contributed by atoms with van der Waals surface area (Å²) in [5.41, 5.74) is 5.46. The molecule has 1 fully saturated rings. The Labute approximate surface area is 58.8 Å². The fourth-order valence-corrected chi connectivity index (χ4v) is 0.963. The van der Waals surface area contributed by atoms with Gasteiger partial charge in [0.15, 0.2) is 0 Å². The number of hydrogen-bond acceptors (Lipinski definition) is 3. The average molecular weight is 145 g/mol. The van der Waals surface area contributed by atoms with Crippen molar-refractivity contribution in [2.24, 2.45) is 5.73 Å². The summed E-state index contributed by atoms with van der Waals surface area (Å²) in [6.45, 7) is 1.72. The van der Waals surface area contributed by atoms with Crippen molar-refractivity contribution in [2.75, 3.05) is 19.6 Å². The van der Waals surface area contributed by atoms with Gasteiger partial charge in [-0.3, -0.25) is 4.90 Å². The van der Waals surface area contributed by atoms with Crippen molar-refractivity contribution >= 4 is 6.09 Å². The Balaban J connectivity index is 2.47. The van der Waals surface area contributed by atoms with E-state index in [1.54, 1.807) is 0 Å². The highest BCUT2D eigenvalue weighted by Gasteiger charge is 2.21. The summed E-state index contributed by atoms with van der Waals surface area (Å²) >= 11 is 0. The minimum absolute atomic E-state index is 0.383. The van der Waals surface area contributed by atoms with Crippen LogP contribution in [-0.2, 0) is 0 Å². The zero-order valence-corrected chi connectivity index (χ0v) is 5.58. The van der Waals surface area contributed by atoms with Gasteiger partial charge in [-0.25, -0.2) is 4.79 Å². The van der Waals surface area contributed by atoms with Gasteiger partial charge in [0.1, 0.15) is 0 Å². The van der Waals surface area contributed by atoms with Crippen LogP contribution in [0.4, 0.5) is 4.79 Å². The Kier molecular flexibility index (Phi) is 2.08. The largest absolute Gasteiger partial charge is 0.465 e. The first-order chi connectivity index (χ1) is 4.72. The Bertz CT molecular complexity index is 139. The number of carboxylic acid groups (broad SMARTS) is 1. The normalized spacial score (nSPS) is 26.5. The van der Waals surface area contributed by atoms with Gasteiger partial charge in [-0.2, -0.15) is 0 Å². The molecule has 0 bridgehead atoms. The van der Waals surface area contributed by atoms with Crippen LogP contribution in [0.25, 0.3) is 0 Å². The molecule has 0 saturated carbocycles. The highest BCUT2D eigenvalue weighted by molar-refractivity contribution is 5.65. The van der Waals surface area contributed by atoms with Crippen LogP contribution in [0.15, 0.2) is 0 Å². The average Bonchev–Trinajstić information content (AvgIpc) is 1.88. The first-order valence-corrected chi connectivity index (χ1v) is 3.17. The number of nitrogens with zero attached hydrogens (tertiary/aromatic N) is 1. The first kappa shape index (κ1) is 7.30. The maximum absolute atomic E-state index is 10.4. The molecule has 5 nitrogen and oxygen atoms in total. The van der Waals surface area contributed by atoms with E-state index in [2.05, 4.69) is 5.32 Å². The topological polar surface area (TPSA) is 78.6 Å². The van der Waals surface area contributed by atoms with E-state index < -0.39 is 6.09 Å². The van der Waals surface area contributed by atoms with Crippen LogP contribution >= 0.6 is 0 Å². The summed E-state index contributed by atoms with van der Waals surface area (Å²) in [6, 6.07) is 0. The first-order valence-electron chi connectivity index (χ1n) is 3.17. The van der Waals surface area contributed by atoms with Crippen LogP contribution < -0.4 is 11.1 Å². The molecule has 0 aromatic rings. The molecule has 58 valence electrons. The van der Waals surface area contributed by atoms with Crippen molar-refractivity contribution < 1.29 is 9.90 Å². The van der Waals surface area contributed by atoms with Crippen LogP contribution in [0, 0.1) is 0 Å². The van der Waals surface area contributed by atoms with Gasteiger partial charge in [0.2, 0.25) is 0 Å². The lowest BCUT2D eigenvalue weighted by Crippen LogP contribution is -2.57. The molecule has 0 aliphatic carbocycles. The van der Waals surface area contributed by atoms with Crippen LogP contribution in [0.1, 0.15) is 0 Å². The third kappa shape index (κ3) is 1.37. The standard InChI is InChI=1S/C5H11N3O2/c6-4-3-7-1-2-8(4)5(9)10/h4,7H,1-3,6H2,(H,9,10). The van der Waals surface area contributed by atoms with E-state index in [4.69, 9.17) is 10.8 Å². The monoisotopic (exact) mass is 145 g/mol. The van der Waals surface area contributed by atoms with Gasteiger partial charge >= 0.3 is 6.09 Å². The lowest BCUT2D eigenvalue weighted by atomic mass is 10.3. The molecule has 1 amide bonds. The Morgan fingerprint density at radius 1 is 1.80 bits per heavy atom. The zero-order valence-electron chi connectivity index (χ0n) is 5.58. The number of amides is 1. The lowest BCUT2D eigenvalue weighted by Gasteiger charge is -2.30. The molecule has 1 saturated heterocycles. The van der Waals surface area contributed by atoms with Crippen molar-refractivity contribution in [2.45, 2.75) is 6.17 Å². The molecule has 1 atom stereocenters. The van der Waals surface area contributed by atoms with Crippen LogP contribution in [0.5, 0.6) is 0 Å². The highest BCUT2D eigenvalue weighted by Crippen LogP contribution is 1.96. The molecule has 5 heteroatoms. The summed E-state index contributed by atoms with van der Waals surface area (Å²) in [6.07, 6.45) is -1.32. The summed E-state index contributed by atoms with van der Waals surface area (Å²) in [7, 11) is 0. The van der Waals surface area contributed by atoms with E-state index in [9.17, 15) is 4.79 Å². The van der Waals surface area contributed by atoms with E-state index in [-0.39, 0.29) is 6.17 Å². The number of hydrogen-bond donors (Lipinski definition) is 3. The number of rotatable bonds is 0. The third-order valence-corrected chi connectivity index (χ3v) is 1.53. The summed E-state index contributed by atoms with van der Waals surface area (Å²) in [4.78, 5) is 11.6. The van der Waals surface area contributed by atoms with E-state index in [1.165, 1.54) is 4.90 Å². The summed E-state index contributed by atoms with van der Waals surface area (Å²) < 4.78 is 0. The Morgan fingerprint density at radius 2 is 2.50 bits per heavy atom. The van der Waals surface area contributed by atoms with E-state index in [0.29, 0.717) is 19.6 Å². The van der Waals surface area contributed by atoms with E-state index in [0.717, 1.165) is 0 Å². The Morgan fingerprint density at radius 3 is 2.90 bits per heavy atom. The molecule has 0 spiro atoms. The highest BCUT2D eigenvalue weighted by atomic mass is 16.4. The van der Waals surface area contributed by atoms with Crippen LogP contribution in [0.3, 0.4) is 0 Å². The molecule has 1 unspecified atom stereocenters. The molecular formula is C5H11N3O2. The quantitative estimate of drug-likeness (QED) is 0.402. The maximum Gasteiger partial charge on any atom is 0.408 e. The predicted molar refractivity (Wildman–Crippen MR) is 35.6 cm³/mol. The second-order valence-corrected chi connectivity index (χ2v) is 2.25. The second kappa shape index (κ2) is 2.85. The van der Waals surface area contributed by atoms with Crippen molar-refractivity contribution in [3.05, 3.63) is 0 Å². The predicted octanol–water partition coefficient (Wildman–Crippen LogP) is -1.15. The van der Waals surface area contributed by atoms with Crippen molar-refractivity contribution in [1.29, 1.82) is 0 Å². The molecule has 0 aromatic heterocycles. The molecule has 0 aromatic carbocycles. The van der Waals surface area contributed by atoms with E-state index >= 15 is 0 Å². The zero-order chi connectivity index (χ0) is 7.56. The maximum atomic E-state index is 10.4. The third-order valence-electron chi connectivity index (χ3n) is 1.53. The Hall–Kier alpha value is -0.810. The van der Waals surface area contributed by atoms with Gasteiger partial charge in [0.05, 0.1) is 6.17 Å². The fourth-order valence-electron chi connectivity index (χ4n) is 0.963. The van der Waals surface area contributed by atoms with Crippen LogP contribution in [0.2, 0.25) is 0 Å². The van der Waals surface area contributed by atoms with Gasteiger partial charge < -0.3 is 16.2 Å². The molecule has 1 heterocycles. The van der Waals surface area contributed by atoms with Crippen molar-refractivity contribution in [3.63, 3.8) is 0 Å². The number of nitrogens with one attached hydrogen (secondary N) is 1. The van der Waals surface area contributed by atoms with Gasteiger partial charge in [-0.1, -0.05) is 0 Å². The van der Waals surface area contributed by atoms with Gasteiger partial charge in [0.25, 0.3) is 0 Å². The molecule has 0 radical (unpaired) electrons. The molecule has 1 rings (SSSR count). The van der Waals surface area contributed by atoms with Gasteiger partial charge in [-0.15, -0.1) is 0 Å². The molecule has 10 heavy (non-hydrogen) atoms.